The molecule has 0 unspecified atom stereocenters. The van der Waals surface area contributed by atoms with Crippen molar-refractivity contribution in [1.82, 2.24) is 4.90 Å². The van der Waals surface area contributed by atoms with Crippen LogP contribution >= 0.6 is 0 Å². The third kappa shape index (κ3) is 6.43. The molecule has 2 amide bonds. The van der Waals surface area contributed by atoms with Crippen molar-refractivity contribution >= 4 is 23.8 Å². The van der Waals surface area contributed by atoms with Gasteiger partial charge in [-0.05, 0) is 37.1 Å². The Kier molecular flexibility index (Phi) is 7.75. The zero-order valence-corrected chi connectivity index (χ0v) is 13.5. The molecule has 1 N–H and O–H groups in total. The molecule has 1 aromatic rings. The predicted molar refractivity (Wildman–Crippen MR) is 88.7 cm³/mol. The van der Waals surface area contributed by atoms with Crippen molar-refractivity contribution < 1.29 is 14.3 Å². The molecule has 5 nitrogen and oxygen atoms in total. The number of ether oxygens (including phenoxy) is 1. The Morgan fingerprint density at radius 3 is 2.50 bits per heavy atom. The van der Waals surface area contributed by atoms with Crippen LogP contribution in [-0.4, -0.2) is 37.1 Å². The lowest BCUT2D eigenvalue weighted by molar-refractivity contribution is -0.137. The number of rotatable bonds is 7. The summed E-state index contributed by atoms with van der Waals surface area (Å²) < 4.78 is 4.81. The Morgan fingerprint density at radius 1 is 1.23 bits per heavy atom. The lowest BCUT2D eigenvalue weighted by Crippen LogP contribution is -2.32. The van der Waals surface area contributed by atoms with E-state index in [-0.39, 0.29) is 12.0 Å². The van der Waals surface area contributed by atoms with Gasteiger partial charge in [0, 0.05) is 25.4 Å². The van der Waals surface area contributed by atoms with Gasteiger partial charge in [0.05, 0.1) is 6.61 Å². The monoisotopic (exact) mass is 304 g/mol. The molecule has 0 radical (unpaired) electrons. The van der Waals surface area contributed by atoms with Gasteiger partial charge in [0.25, 0.3) is 0 Å². The molecule has 22 heavy (non-hydrogen) atoms. The quantitative estimate of drug-likeness (QED) is 0.619. The number of anilines is 1. The number of nitrogens with zero attached hydrogens (tertiary/aromatic N) is 1. The molecular weight excluding hydrogens is 280 g/mol. The Morgan fingerprint density at radius 2 is 1.91 bits per heavy atom. The Hall–Kier alpha value is -2.30. The van der Waals surface area contributed by atoms with Gasteiger partial charge >= 0.3 is 12.0 Å². The molecule has 0 aromatic heterocycles. The Bertz CT molecular complexity index is 509. The molecular formula is C17H24N2O3. The summed E-state index contributed by atoms with van der Waals surface area (Å²) >= 11 is 0. The molecule has 0 aliphatic carbocycles. The third-order valence-electron chi connectivity index (χ3n) is 3.05. The molecule has 5 heteroatoms. The maximum atomic E-state index is 11.9. The van der Waals surface area contributed by atoms with E-state index in [1.54, 1.807) is 37.1 Å². The summed E-state index contributed by atoms with van der Waals surface area (Å²) in [6, 6.07) is 7.14. The molecule has 0 saturated heterocycles. The standard InChI is InChI=1S/C17H24N2O3/c1-4-6-13-19(3)17(21)18-15-10-7-14(8-11-15)9-12-16(20)22-5-2/h7-12H,4-6,13H2,1-3H3,(H,18,21)/b12-9+. The van der Waals surface area contributed by atoms with Crippen LogP contribution in [0, 0.1) is 0 Å². The first-order chi connectivity index (χ1) is 10.6. The average Bonchev–Trinajstić information content (AvgIpc) is 2.52. The van der Waals surface area contributed by atoms with Crippen LogP contribution < -0.4 is 5.32 Å². The molecule has 0 saturated carbocycles. The highest BCUT2D eigenvalue weighted by Crippen LogP contribution is 2.11. The van der Waals surface area contributed by atoms with Crippen LogP contribution in [0.1, 0.15) is 32.3 Å². The van der Waals surface area contributed by atoms with Gasteiger partial charge in [0.2, 0.25) is 0 Å². The second-order valence-electron chi connectivity index (χ2n) is 4.91. The zero-order valence-electron chi connectivity index (χ0n) is 13.5. The Labute approximate surface area is 132 Å². The van der Waals surface area contributed by atoms with E-state index in [0.717, 1.165) is 30.6 Å². The first-order valence-electron chi connectivity index (χ1n) is 7.53. The van der Waals surface area contributed by atoms with Gasteiger partial charge < -0.3 is 15.0 Å². The van der Waals surface area contributed by atoms with Gasteiger partial charge in [-0.2, -0.15) is 0 Å². The molecule has 1 rings (SSSR count). The van der Waals surface area contributed by atoms with E-state index in [9.17, 15) is 9.59 Å². The number of urea groups is 1. The minimum Gasteiger partial charge on any atom is -0.463 e. The molecule has 0 aliphatic rings. The van der Waals surface area contributed by atoms with Gasteiger partial charge in [-0.1, -0.05) is 25.5 Å². The minimum absolute atomic E-state index is 0.122. The fourth-order valence-electron chi connectivity index (χ4n) is 1.75. The SMILES string of the molecule is CCCCN(C)C(=O)Nc1ccc(/C=C/C(=O)OCC)cc1. The third-order valence-corrected chi connectivity index (χ3v) is 3.05. The number of carbonyl (C=O) groups is 2. The van der Waals surface area contributed by atoms with Crippen molar-refractivity contribution in [2.45, 2.75) is 26.7 Å². The molecule has 1 aromatic carbocycles. The summed E-state index contributed by atoms with van der Waals surface area (Å²) in [6.45, 7) is 4.96. The van der Waals surface area contributed by atoms with Gasteiger partial charge in [0.15, 0.2) is 0 Å². The van der Waals surface area contributed by atoms with Crippen molar-refractivity contribution in [3.8, 4) is 0 Å². The lowest BCUT2D eigenvalue weighted by atomic mass is 10.2. The highest BCUT2D eigenvalue weighted by atomic mass is 16.5. The van der Waals surface area contributed by atoms with Crippen molar-refractivity contribution in [3.63, 3.8) is 0 Å². The van der Waals surface area contributed by atoms with Crippen molar-refractivity contribution in [2.75, 3.05) is 25.5 Å². The molecule has 0 heterocycles. The highest BCUT2D eigenvalue weighted by Gasteiger charge is 2.07. The minimum atomic E-state index is -0.363. The summed E-state index contributed by atoms with van der Waals surface area (Å²) in [6.07, 6.45) is 5.10. The topological polar surface area (TPSA) is 58.6 Å². The zero-order chi connectivity index (χ0) is 16.4. The summed E-state index contributed by atoms with van der Waals surface area (Å²) in [5, 5.41) is 2.83. The smallest absolute Gasteiger partial charge is 0.330 e. The molecule has 120 valence electrons. The van der Waals surface area contributed by atoms with Crippen LogP contribution in [0.2, 0.25) is 0 Å². The van der Waals surface area contributed by atoms with Gasteiger partial charge in [-0.3, -0.25) is 0 Å². The summed E-state index contributed by atoms with van der Waals surface area (Å²) in [5.74, 6) is -0.363. The predicted octanol–water partition coefficient (Wildman–Crippen LogP) is 3.53. The van der Waals surface area contributed by atoms with E-state index in [4.69, 9.17) is 4.74 Å². The summed E-state index contributed by atoms with van der Waals surface area (Å²) in [5.41, 5.74) is 1.59. The second-order valence-corrected chi connectivity index (χ2v) is 4.91. The number of hydrogen-bond acceptors (Lipinski definition) is 3. The van der Waals surface area contributed by atoms with E-state index >= 15 is 0 Å². The Balaban J connectivity index is 2.54. The maximum absolute atomic E-state index is 11.9. The van der Waals surface area contributed by atoms with Gasteiger partial charge in [0.1, 0.15) is 0 Å². The van der Waals surface area contributed by atoms with Crippen LogP contribution in [0.3, 0.4) is 0 Å². The molecule has 0 atom stereocenters. The maximum Gasteiger partial charge on any atom is 0.330 e. The highest BCUT2D eigenvalue weighted by molar-refractivity contribution is 5.89. The summed E-state index contributed by atoms with van der Waals surface area (Å²) in [4.78, 5) is 24.8. The number of unbranched alkanes of at least 4 members (excludes halogenated alkanes) is 1. The van der Waals surface area contributed by atoms with E-state index in [1.165, 1.54) is 6.08 Å². The fraction of sp³-hybridized carbons (Fsp3) is 0.412. The van der Waals surface area contributed by atoms with E-state index in [0.29, 0.717) is 6.61 Å². The molecule has 0 spiro atoms. The van der Waals surface area contributed by atoms with Crippen molar-refractivity contribution in [3.05, 3.63) is 35.9 Å². The van der Waals surface area contributed by atoms with Gasteiger partial charge in [-0.25, -0.2) is 9.59 Å². The van der Waals surface area contributed by atoms with Gasteiger partial charge in [-0.15, -0.1) is 0 Å². The molecule has 0 aliphatic heterocycles. The number of esters is 1. The number of amides is 2. The molecule has 0 bridgehead atoms. The second kappa shape index (κ2) is 9.60. The number of hydrogen-bond donors (Lipinski definition) is 1. The number of nitrogens with one attached hydrogen (secondary N) is 1. The first-order valence-corrected chi connectivity index (χ1v) is 7.53. The summed E-state index contributed by atoms with van der Waals surface area (Å²) in [7, 11) is 1.78. The van der Waals surface area contributed by atoms with Crippen LogP contribution in [0.25, 0.3) is 6.08 Å². The number of benzene rings is 1. The fourth-order valence-corrected chi connectivity index (χ4v) is 1.75. The lowest BCUT2D eigenvalue weighted by Gasteiger charge is -2.17. The number of carbonyl (C=O) groups excluding carboxylic acids is 2. The van der Waals surface area contributed by atoms with Crippen LogP contribution in [0.4, 0.5) is 10.5 Å². The van der Waals surface area contributed by atoms with Crippen molar-refractivity contribution in [2.24, 2.45) is 0 Å². The van der Waals surface area contributed by atoms with Crippen LogP contribution in [0.15, 0.2) is 30.3 Å². The molecule has 0 fully saturated rings. The average molecular weight is 304 g/mol. The van der Waals surface area contributed by atoms with Crippen LogP contribution in [0.5, 0.6) is 0 Å². The normalized spacial score (nSPS) is 10.5. The van der Waals surface area contributed by atoms with E-state index in [2.05, 4.69) is 12.2 Å². The largest absolute Gasteiger partial charge is 0.463 e. The van der Waals surface area contributed by atoms with E-state index < -0.39 is 0 Å². The van der Waals surface area contributed by atoms with Crippen molar-refractivity contribution in [1.29, 1.82) is 0 Å². The van der Waals surface area contributed by atoms with E-state index in [1.807, 2.05) is 12.1 Å². The van der Waals surface area contributed by atoms with Crippen LogP contribution in [-0.2, 0) is 9.53 Å². The first kappa shape index (κ1) is 17.8.